The molecule has 0 saturated heterocycles. The maximum absolute atomic E-state index is 13.3. The topological polar surface area (TPSA) is 98.7 Å². The van der Waals surface area contributed by atoms with Crippen LogP contribution in [0.5, 0.6) is 0 Å². The van der Waals surface area contributed by atoms with Gasteiger partial charge in [-0.3, -0.25) is 4.79 Å². The highest BCUT2D eigenvalue weighted by molar-refractivity contribution is 5.95. The van der Waals surface area contributed by atoms with Crippen LogP contribution in [-0.4, -0.2) is 32.2 Å². The van der Waals surface area contributed by atoms with Crippen molar-refractivity contribution in [3.05, 3.63) is 64.9 Å². The number of amides is 1. The fourth-order valence-electron chi connectivity index (χ4n) is 3.43. The molecule has 0 saturated carbocycles. The van der Waals surface area contributed by atoms with Gasteiger partial charge in [-0.05, 0) is 37.0 Å². The monoisotopic (exact) mass is 464 g/mol. The van der Waals surface area contributed by atoms with Crippen molar-refractivity contribution in [1.82, 2.24) is 25.1 Å². The third kappa shape index (κ3) is 5.85. The first-order valence-electron chi connectivity index (χ1n) is 10.3. The maximum Gasteiger partial charge on any atom is 0.416 e. The minimum Gasteiger partial charge on any atom is -0.381 e. The number of halogens is 4. The van der Waals surface area contributed by atoms with E-state index in [1.54, 1.807) is 6.92 Å². The number of carbonyl (C=O) groups excluding carboxylic acids is 1. The zero-order valence-corrected chi connectivity index (χ0v) is 18.3. The van der Waals surface area contributed by atoms with Crippen LogP contribution in [0.25, 0.3) is 5.95 Å². The van der Waals surface area contributed by atoms with E-state index >= 15 is 0 Å². The van der Waals surface area contributed by atoms with E-state index in [0.29, 0.717) is 17.7 Å². The summed E-state index contributed by atoms with van der Waals surface area (Å²) in [5.74, 6) is -1.41. The molecule has 0 aliphatic carbocycles. The first-order valence-corrected chi connectivity index (χ1v) is 10.3. The van der Waals surface area contributed by atoms with Crippen molar-refractivity contribution < 1.29 is 22.4 Å². The number of aryl methyl sites for hydroxylation is 1. The lowest BCUT2D eigenvalue weighted by Crippen LogP contribution is -2.29. The van der Waals surface area contributed by atoms with Crippen molar-refractivity contribution >= 4 is 11.7 Å². The highest BCUT2D eigenvalue weighted by Gasteiger charge is 2.30. The fourth-order valence-corrected chi connectivity index (χ4v) is 3.43. The summed E-state index contributed by atoms with van der Waals surface area (Å²) in [6.45, 7) is 5.86. The lowest BCUT2D eigenvalue weighted by Gasteiger charge is -2.21. The van der Waals surface area contributed by atoms with Gasteiger partial charge in [0, 0.05) is 18.7 Å². The number of carbonyl (C=O) groups is 1. The first-order chi connectivity index (χ1) is 15.5. The summed E-state index contributed by atoms with van der Waals surface area (Å²) >= 11 is 0. The molecule has 2 heterocycles. The van der Waals surface area contributed by atoms with Crippen molar-refractivity contribution in [1.29, 1.82) is 0 Å². The summed E-state index contributed by atoms with van der Waals surface area (Å²) in [7, 11) is 0. The SMILES string of the molecule is Cc1nn(-c2ncc(F)c(N)n2)cc1C(=O)NCC(CC(C)C)c1ccc(C(F)(F)F)cc1. The zero-order chi connectivity index (χ0) is 24.3. The predicted molar refractivity (Wildman–Crippen MR) is 114 cm³/mol. The van der Waals surface area contributed by atoms with E-state index in [0.717, 1.165) is 18.3 Å². The average molecular weight is 464 g/mol. The van der Waals surface area contributed by atoms with Gasteiger partial charge in [0.25, 0.3) is 11.9 Å². The Morgan fingerprint density at radius 1 is 1.21 bits per heavy atom. The van der Waals surface area contributed by atoms with Crippen LogP contribution in [0.15, 0.2) is 36.7 Å². The summed E-state index contributed by atoms with van der Waals surface area (Å²) in [5, 5.41) is 7.02. The highest BCUT2D eigenvalue weighted by atomic mass is 19.4. The van der Waals surface area contributed by atoms with Gasteiger partial charge in [0.1, 0.15) is 0 Å². The number of hydrogen-bond acceptors (Lipinski definition) is 5. The number of nitrogens with two attached hydrogens (primary N) is 1. The van der Waals surface area contributed by atoms with Crippen molar-refractivity contribution in [3.63, 3.8) is 0 Å². The number of anilines is 1. The number of nitrogen functional groups attached to an aromatic ring is 1. The molecule has 3 rings (SSSR count). The molecule has 2 aromatic heterocycles. The number of nitrogens with zero attached hydrogens (tertiary/aromatic N) is 4. The smallest absolute Gasteiger partial charge is 0.381 e. The van der Waals surface area contributed by atoms with Crippen LogP contribution in [0, 0.1) is 18.7 Å². The van der Waals surface area contributed by atoms with Gasteiger partial charge in [0.15, 0.2) is 11.6 Å². The Bertz CT molecular complexity index is 1120. The van der Waals surface area contributed by atoms with E-state index in [1.807, 2.05) is 13.8 Å². The van der Waals surface area contributed by atoms with E-state index in [-0.39, 0.29) is 35.7 Å². The minimum absolute atomic E-state index is 0.0125. The molecule has 1 unspecified atom stereocenters. The Kier molecular flexibility index (Phi) is 6.99. The molecule has 33 heavy (non-hydrogen) atoms. The maximum atomic E-state index is 13.3. The molecular formula is C22H24F4N6O. The van der Waals surface area contributed by atoms with Crippen molar-refractivity contribution in [2.75, 3.05) is 12.3 Å². The van der Waals surface area contributed by atoms with E-state index in [9.17, 15) is 22.4 Å². The van der Waals surface area contributed by atoms with Crippen LogP contribution < -0.4 is 11.1 Å². The second kappa shape index (κ2) is 9.55. The van der Waals surface area contributed by atoms with Crippen molar-refractivity contribution in [2.24, 2.45) is 5.92 Å². The zero-order valence-electron chi connectivity index (χ0n) is 18.3. The van der Waals surface area contributed by atoms with E-state index < -0.39 is 23.5 Å². The molecule has 3 aromatic rings. The molecule has 1 amide bonds. The van der Waals surface area contributed by atoms with Crippen LogP contribution in [0.3, 0.4) is 0 Å². The van der Waals surface area contributed by atoms with E-state index in [4.69, 9.17) is 5.73 Å². The van der Waals surface area contributed by atoms with Gasteiger partial charge in [-0.2, -0.15) is 23.3 Å². The standard InChI is InChI=1S/C22H24F4N6O/c1-12(2)8-15(14-4-6-16(7-5-14)22(24,25)26)9-28-20(33)17-11-32(31-13(17)3)21-29-10-18(23)19(27)30-21/h4-7,10-12,15H,8-9H2,1-3H3,(H,28,33)(H2,27,29,30). The van der Waals surface area contributed by atoms with E-state index in [2.05, 4.69) is 20.4 Å². The highest BCUT2D eigenvalue weighted by Crippen LogP contribution is 2.31. The molecule has 0 aliphatic rings. The molecule has 11 heteroatoms. The van der Waals surface area contributed by atoms with Gasteiger partial charge in [-0.1, -0.05) is 26.0 Å². The number of alkyl halides is 3. The van der Waals surface area contributed by atoms with Crippen LogP contribution in [0.1, 0.15) is 53.4 Å². The molecule has 7 nitrogen and oxygen atoms in total. The molecule has 1 aromatic carbocycles. The van der Waals surface area contributed by atoms with Gasteiger partial charge in [-0.25, -0.2) is 14.1 Å². The minimum atomic E-state index is -4.41. The molecule has 176 valence electrons. The third-order valence-corrected chi connectivity index (χ3v) is 5.08. The normalized spacial score (nSPS) is 12.7. The quantitative estimate of drug-likeness (QED) is 0.509. The lowest BCUT2D eigenvalue weighted by molar-refractivity contribution is -0.137. The molecule has 0 radical (unpaired) electrons. The summed E-state index contributed by atoms with van der Waals surface area (Å²) in [6, 6.07) is 4.99. The summed E-state index contributed by atoms with van der Waals surface area (Å²) in [6.07, 6.45) is -1.41. The van der Waals surface area contributed by atoms with Gasteiger partial charge < -0.3 is 11.1 Å². The molecular weight excluding hydrogens is 440 g/mol. The number of rotatable bonds is 7. The predicted octanol–water partition coefficient (Wildman–Crippen LogP) is 4.27. The first kappa shape index (κ1) is 24.1. The summed E-state index contributed by atoms with van der Waals surface area (Å²) in [4.78, 5) is 20.4. The second-order valence-electron chi connectivity index (χ2n) is 8.13. The van der Waals surface area contributed by atoms with Gasteiger partial charge in [-0.15, -0.1) is 0 Å². The Hall–Kier alpha value is -3.50. The number of nitrogens with one attached hydrogen (secondary N) is 1. The molecule has 0 aliphatic heterocycles. The third-order valence-electron chi connectivity index (χ3n) is 5.08. The summed E-state index contributed by atoms with van der Waals surface area (Å²) in [5.41, 5.74) is 6.11. The molecule has 3 N–H and O–H groups in total. The Morgan fingerprint density at radius 2 is 1.88 bits per heavy atom. The number of hydrogen-bond donors (Lipinski definition) is 2. The van der Waals surface area contributed by atoms with Crippen LogP contribution in [0.2, 0.25) is 0 Å². The average Bonchev–Trinajstić information content (AvgIpc) is 3.14. The molecule has 0 bridgehead atoms. The van der Waals surface area contributed by atoms with Gasteiger partial charge >= 0.3 is 6.18 Å². The Morgan fingerprint density at radius 3 is 2.45 bits per heavy atom. The molecule has 1 atom stereocenters. The lowest BCUT2D eigenvalue weighted by atomic mass is 9.89. The fraction of sp³-hybridized carbons (Fsp3) is 0.364. The second-order valence-corrected chi connectivity index (χ2v) is 8.13. The van der Waals surface area contributed by atoms with Crippen molar-refractivity contribution in [2.45, 2.75) is 39.3 Å². The Labute approximate surface area is 188 Å². The van der Waals surface area contributed by atoms with E-state index in [1.165, 1.54) is 23.0 Å². The van der Waals surface area contributed by atoms with Gasteiger partial charge in [0.05, 0.1) is 23.0 Å². The molecule has 0 fully saturated rings. The summed E-state index contributed by atoms with van der Waals surface area (Å²) < 4.78 is 53.2. The molecule has 0 spiro atoms. The van der Waals surface area contributed by atoms with Crippen LogP contribution in [-0.2, 0) is 6.18 Å². The van der Waals surface area contributed by atoms with Crippen LogP contribution >= 0.6 is 0 Å². The number of benzene rings is 1. The number of aromatic nitrogens is 4. The van der Waals surface area contributed by atoms with Gasteiger partial charge in [0.2, 0.25) is 0 Å². The largest absolute Gasteiger partial charge is 0.416 e. The van der Waals surface area contributed by atoms with Crippen LogP contribution in [0.4, 0.5) is 23.4 Å². The Balaban J connectivity index is 1.75. The van der Waals surface area contributed by atoms with Crippen molar-refractivity contribution in [3.8, 4) is 5.95 Å².